The molecule has 2 aliphatic rings. The SMILES string of the molecule is CC(=O)OC(CCCC(C)[C@H]1CC[C@H]2C(=O)CCC[C@]12C)c1ccc(C(F)(F)F)cc1. The van der Waals surface area contributed by atoms with Gasteiger partial charge in [0.15, 0.2) is 0 Å². The van der Waals surface area contributed by atoms with Crippen LogP contribution >= 0.6 is 0 Å². The predicted octanol–water partition coefficient (Wildman–Crippen LogP) is 6.90. The average Bonchev–Trinajstić information content (AvgIpc) is 3.04. The third-order valence-electron chi connectivity index (χ3n) is 7.67. The van der Waals surface area contributed by atoms with Crippen LogP contribution in [0.15, 0.2) is 24.3 Å². The minimum atomic E-state index is -4.39. The van der Waals surface area contributed by atoms with E-state index >= 15 is 0 Å². The number of hydrogen-bond acceptors (Lipinski definition) is 3. The molecule has 0 saturated heterocycles. The largest absolute Gasteiger partial charge is 0.458 e. The van der Waals surface area contributed by atoms with E-state index in [1.54, 1.807) is 0 Å². The van der Waals surface area contributed by atoms with Crippen molar-refractivity contribution in [1.29, 1.82) is 0 Å². The van der Waals surface area contributed by atoms with Crippen LogP contribution in [0.1, 0.15) is 89.4 Å². The normalized spacial score (nSPS) is 28.1. The highest BCUT2D eigenvalue weighted by atomic mass is 19.4. The molecular formula is C25H33F3O3. The van der Waals surface area contributed by atoms with Crippen molar-refractivity contribution in [3.63, 3.8) is 0 Å². The van der Waals surface area contributed by atoms with Gasteiger partial charge < -0.3 is 4.74 Å². The second-order valence-electron chi connectivity index (χ2n) is 9.69. The lowest BCUT2D eigenvalue weighted by Crippen LogP contribution is -2.39. The van der Waals surface area contributed by atoms with Gasteiger partial charge in [-0.3, -0.25) is 9.59 Å². The van der Waals surface area contributed by atoms with E-state index in [0.717, 1.165) is 57.1 Å². The molecule has 0 heterocycles. The summed E-state index contributed by atoms with van der Waals surface area (Å²) in [4.78, 5) is 23.9. The zero-order valence-electron chi connectivity index (χ0n) is 18.6. The summed E-state index contributed by atoms with van der Waals surface area (Å²) >= 11 is 0. The minimum absolute atomic E-state index is 0.0947. The zero-order chi connectivity index (χ0) is 22.8. The molecule has 0 amide bonds. The smallest absolute Gasteiger partial charge is 0.416 e. The standard InChI is InChI=1S/C25H33F3O3/c1-16(20-13-14-21-22(30)7-5-15-24(20,21)3)6-4-8-23(31-17(2)29)18-9-11-19(12-10-18)25(26,27)28/h9-12,16,20-21,23H,4-8,13-15H2,1-3H3/t16?,20-,21+,23?,24-/m1/s1. The van der Waals surface area contributed by atoms with Gasteiger partial charge in [0.05, 0.1) is 5.56 Å². The number of ether oxygens (including phenoxy) is 1. The number of halogens is 3. The Balaban J connectivity index is 1.61. The van der Waals surface area contributed by atoms with Crippen LogP contribution in [0.2, 0.25) is 0 Å². The molecule has 2 fully saturated rings. The van der Waals surface area contributed by atoms with Gasteiger partial charge in [-0.05, 0) is 73.5 Å². The summed E-state index contributed by atoms with van der Waals surface area (Å²) in [6, 6.07) is 4.87. The first kappa shape index (κ1) is 23.8. The summed E-state index contributed by atoms with van der Waals surface area (Å²) in [5, 5.41) is 0. The predicted molar refractivity (Wildman–Crippen MR) is 112 cm³/mol. The third-order valence-corrected chi connectivity index (χ3v) is 7.67. The number of carbonyl (C=O) groups excluding carboxylic acids is 2. The Hall–Kier alpha value is -1.85. The molecule has 1 aromatic rings. The Kier molecular flexibility index (Phi) is 7.17. The van der Waals surface area contributed by atoms with Gasteiger partial charge in [-0.15, -0.1) is 0 Å². The summed E-state index contributed by atoms with van der Waals surface area (Å²) < 4.78 is 43.9. The number of ketones is 1. The molecule has 2 aliphatic carbocycles. The molecule has 3 nitrogen and oxygen atoms in total. The summed E-state index contributed by atoms with van der Waals surface area (Å²) in [5.41, 5.74) is -0.0311. The Bertz CT molecular complexity index is 786. The van der Waals surface area contributed by atoms with Crippen LogP contribution in [-0.4, -0.2) is 11.8 Å². The van der Waals surface area contributed by atoms with E-state index in [1.807, 2.05) is 0 Å². The summed E-state index contributed by atoms with van der Waals surface area (Å²) in [6.45, 7) is 5.85. The van der Waals surface area contributed by atoms with Crippen LogP contribution in [-0.2, 0) is 20.5 Å². The molecule has 3 rings (SSSR count). The fourth-order valence-corrected chi connectivity index (χ4v) is 6.11. The lowest BCUT2D eigenvalue weighted by molar-refractivity contribution is -0.147. The van der Waals surface area contributed by atoms with E-state index in [4.69, 9.17) is 4.74 Å². The van der Waals surface area contributed by atoms with E-state index < -0.39 is 23.8 Å². The van der Waals surface area contributed by atoms with Gasteiger partial charge in [-0.25, -0.2) is 0 Å². The molecule has 0 N–H and O–H groups in total. The van der Waals surface area contributed by atoms with Crippen molar-refractivity contribution < 1.29 is 27.5 Å². The topological polar surface area (TPSA) is 43.4 Å². The van der Waals surface area contributed by atoms with E-state index in [1.165, 1.54) is 19.1 Å². The number of hydrogen-bond donors (Lipinski definition) is 0. The van der Waals surface area contributed by atoms with Crippen LogP contribution < -0.4 is 0 Å². The van der Waals surface area contributed by atoms with Crippen molar-refractivity contribution in [3.8, 4) is 0 Å². The number of esters is 1. The van der Waals surface area contributed by atoms with Crippen molar-refractivity contribution in [3.05, 3.63) is 35.4 Å². The summed E-state index contributed by atoms with van der Waals surface area (Å²) in [7, 11) is 0. The molecule has 6 heteroatoms. The van der Waals surface area contributed by atoms with E-state index in [-0.39, 0.29) is 11.3 Å². The fourth-order valence-electron chi connectivity index (χ4n) is 6.11. The first-order valence-corrected chi connectivity index (χ1v) is 11.4. The van der Waals surface area contributed by atoms with Crippen molar-refractivity contribution in [1.82, 2.24) is 0 Å². The van der Waals surface area contributed by atoms with Crippen molar-refractivity contribution >= 4 is 11.8 Å². The minimum Gasteiger partial charge on any atom is -0.458 e. The lowest BCUT2D eigenvalue weighted by Gasteiger charge is -2.42. The van der Waals surface area contributed by atoms with Crippen LogP contribution in [0.5, 0.6) is 0 Å². The van der Waals surface area contributed by atoms with Gasteiger partial charge in [0.25, 0.3) is 0 Å². The number of rotatable bonds is 7. The highest BCUT2D eigenvalue weighted by Gasteiger charge is 2.52. The van der Waals surface area contributed by atoms with Crippen molar-refractivity contribution in [2.75, 3.05) is 0 Å². The number of carbonyl (C=O) groups is 2. The van der Waals surface area contributed by atoms with Gasteiger partial charge in [0, 0.05) is 19.3 Å². The molecule has 5 atom stereocenters. The second-order valence-corrected chi connectivity index (χ2v) is 9.69. The fraction of sp³-hybridized carbons (Fsp3) is 0.680. The van der Waals surface area contributed by atoms with Crippen LogP contribution in [0.3, 0.4) is 0 Å². The molecule has 1 aromatic carbocycles. The van der Waals surface area contributed by atoms with Gasteiger partial charge in [-0.2, -0.15) is 13.2 Å². The summed E-state index contributed by atoms with van der Waals surface area (Å²) in [5.74, 6) is 1.16. The molecular weight excluding hydrogens is 405 g/mol. The van der Waals surface area contributed by atoms with Gasteiger partial charge >= 0.3 is 12.1 Å². The van der Waals surface area contributed by atoms with E-state index in [9.17, 15) is 22.8 Å². The summed E-state index contributed by atoms with van der Waals surface area (Å²) in [6.07, 6.45) is 2.28. The molecule has 2 saturated carbocycles. The molecule has 172 valence electrons. The second kappa shape index (κ2) is 9.33. The lowest BCUT2D eigenvalue weighted by atomic mass is 9.62. The molecule has 0 radical (unpaired) electrons. The monoisotopic (exact) mass is 438 g/mol. The quantitative estimate of drug-likeness (QED) is 0.435. The van der Waals surface area contributed by atoms with Gasteiger partial charge in [-0.1, -0.05) is 32.4 Å². The number of fused-ring (bicyclic) bond motifs is 1. The maximum Gasteiger partial charge on any atom is 0.416 e. The Morgan fingerprint density at radius 1 is 1.19 bits per heavy atom. The highest BCUT2D eigenvalue weighted by Crippen LogP contribution is 2.57. The average molecular weight is 439 g/mol. The van der Waals surface area contributed by atoms with Crippen LogP contribution in [0, 0.1) is 23.2 Å². The number of Topliss-reactive ketones (excluding diaryl/α,β-unsaturated/α-hetero) is 1. The molecule has 0 aromatic heterocycles. The van der Waals surface area contributed by atoms with Gasteiger partial charge in [0.1, 0.15) is 11.9 Å². The number of alkyl halides is 3. The zero-order valence-corrected chi connectivity index (χ0v) is 18.6. The van der Waals surface area contributed by atoms with Crippen LogP contribution in [0.4, 0.5) is 13.2 Å². The maximum atomic E-state index is 12.8. The first-order valence-electron chi connectivity index (χ1n) is 11.4. The third kappa shape index (κ3) is 5.32. The van der Waals surface area contributed by atoms with E-state index in [2.05, 4.69) is 13.8 Å². The van der Waals surface area contributed by atoms with Gasteiger partial charge in [0.2, 0.25) is 0 Å². The Labute approximate surface area is 182 Å². The number of benzene rings is 1. The molecule has 2 unspecified atom stereocenters. The molecule has 31 heavy (non-hydrogen) atoms. The van der Waals surface area contributed by atoms with E-state index in [0.29, 0.717) is 29.6 Å². The maximum absolute atomic E-state index is 12.8. The van der Waals surface area contributed by atoms with Crippen molar-refractivity contribution in [2.24, 2.45) is 23.2 Å². The highest BCUT2D eigenvalue weighted by molar-refractivity contribution is 5.83. The molecule has 0 bridgehead atoms. The van der Waals surface area contributed by atoms with Crippen LogP contribution in [0.25, 0.3) is 0 Å². The Morgan fingerprint density at radius 3 is 2.48 bits per heavy atom. The molecule has 0 spiro atoms. The Morgan fingerprint density at radius 2 is 1.87 bits per heavy atom. The molecule has 0 aliphatic heterocycles. The first-order chi connectivity index (χ1) is 14.5. The van der Waals surface area contributed by atoms with Crippen molar-refractivity contribution in [2.45, 2.75) is 84.4 Å².